The van der Waals surface area contributed by atoms with E-state index in [1.165, 1.54) is 6.07 Å². The molecule has 0 fully saturated rings. The molecular formula is C13H7Cl3F3NO2S. The summed E-state index contributed by atoms with van der Waals surface area (Å²) >= 11 is 17.2. The van der Waals surface area contributed by atoms with Crippen LogP contribution in [-0.2, 0) is 16.2 Å². The standard InChI is InChI=1S/C13H7Cl3F3NO2S/c14-8-4-9(15)6-10(5-8)23(21,22)20-12-3-7(13(17,18)19)1-2-11(12)16/h1-6,20H. The Labute approximate surface area is 145 Å². The van der Waals surface area contributed by atoms with E-state index in [-0.39, 0.29) is 20.0 Å². The van der Waals surface area contributed by atoms with Gasteiger partial charge >= 0.3 is 6.18 Å². The first-order chi connectivity index (χ1) is 10.5. The summed E-state index contributed by atoms with van der Waals surface area (Å²) in [5.74, 6) is 0. The first-order valence-electron chi connectivity index (χ1n) is 5.85. The molecule has 0 aromatic heterocycles. The number of hydrogen-bond acceptors (Lipinski definition) is 2. The number of halogens is 6. The summed E-state index contributed by atoms with van der Waals surface area (Å²) in [6, 6.07) is 5.84. The smallest absolute Gasteiger partial charge is 0.278 e. The van der Waals surface area contributed by atoms with Crippen LogP contribution >= 0.6 is 34.8 Å². The van der Waals surface area contributed by atoms with E-state index in [0.717, 1.165) is 24.3 Å². The summed E-state index contributed by atoms with van der Waals surface area (Å²) in [7, 11) is -4.21. The van der Waals surface area contributed by atoms with Gasteiger partial charge in [-0.05, 0) is 36.4 Å². The number of anilines is 1. The highest BCUT2D eigenvalue weighted by Gasteiger charge is 2.31. The molecule has 2 aromatic carbocycles. The number of alkyl halides is 3. The monoisotopic (exact) mass is 403 g/mol. The van der Waals surface area contributed by atoms with Crippen molar-refractivity contribution in [1.29, 1.82) is 0 Å². The van der Waals surface area contributed by atoms with Gasteiger partial charge in [-0.25, -0.2) is 8.42 Å². The minimum absolute atomic E-state index is 0.0630. The second kappa shape index (κ2) is 6.39. The minimum atomic E-state index is -4.63. The van der Waals surface area contributed by atoms with Gasteiger partial charge in [0.05, 0.1) is 21.2 Å². The number of sulfonamides is 1. The molecule has 0 saturated carbocycles. The normalized spacial score (nSPS) is 12.3. The Hall–Kier alpha value is -1.15. The van der Waals surface area contributed by atoms with Crippen molar-refractivity contribution in [3.63, 3.8) is 0 Å². The number of rotatable bonds is 3. The summed E-state index contributed by atoms with van der Waals surface area (Å²) < 4.78 is 64.6. The third kappa shape index (κ3) is 4.44. The van der Waals surface area contributed by atoms with Crippen LogP contribution in [0.25, 0.3) is 0 Å². The van der Waals surface area contributed by atoms with E-state index in [1.807, 2.05) is 4.72 Å². The lowest BCUT2D eigenvalue weighted by atomic mass is 10.2. The van der Waals surface area contributed by atoms with Crippen LogP contribution in [0.15, 0.2) is 41.3 Å². The maximum atomic E-state index is 12.7. The van der Waals surface area contributed by atoms with Crippen molar-refractivity contribution < 1.29 is 21.6 Å². The maximum Gasteiger partial charge on any atom is 0.416 e. The fourth-order valence-electron chi connectivity index (χ4n) is 1.67. The van der Waals surface area contributed by atoms with E-state index in [1.54, 1.807) is 0 Å². The van der Waals surface area contributed by atoms with Gasteiger partial charge in [0.1, 0.15) is 0 Å². The Morgan fingerprint density at radius 2 is 1.48 bits per heavy atom. The lowest BCUT2D eigenvalue weighted by Crippen LogP contribution is -2.14. The van der Waals surface area contributed by atoms with Gasteiger partial charge in [0.25, 0.3) is 10.0 Å². The lowest BCUT2D eigenvalue weighted by Gasteiger charge is -2.13. The Balaban J connectivity index is 2.45. The molecule has 0 heterocycles. The molecule has 0 aliphatic carbocycles. The molecule has 1 N–H and O–H groups in total. The van der Waals surface area contributed by atoms with Crippen LogP contribution in [0.1, 0.15) is 5.56 Å². The Bertz CT molecular complexity index is 834. The topological polar surface area (TPSA) is 46.2 Å². The van der Waals surface area contributed by atoms with Gasteiger partial charge < -0.3 is 0 Å². The number of hydrogen-bond donors (Lipinski definition) is 1. The predicted octanol–water partition coefficient (Wildman–Crippen LogP) is 5.47. The molecule has 2 aromatic rings. The first kappa shape index (κ1) is 18.2. The first-order valence-corrected chi connectivity index (χ1v) is 8.46. The molecule has 0 spiro atoms. The van der Waals surface area contributed by atoms with Crippen LogP contribution in [0.2, 0.25) is 15.1 Å². The highest BCUT2D eigenvalue weighted by molar-refractivity contribution is 7.92. The van der Waals surface area contributed by atoms with Crippen molar-refractivity contribution in [1.82, 2.24) is 0 Å². The summed E-state index contributed by atoms with van der Waals surface area (Å²) in [5, 5.41) is -0.0595. The predicted molar refractivity (Wildman–Crippen MR) is 83.7 cm³/mol. The second-order valence-corrected chi connectivity index (χ2v) is 7.37. The van der Waals surface area contributed by atoms with Crippen LogP contribution in [-0.4, -0.2) is 8.42 Å². The van der Waals surface area contributed by atoms with Gasteiger partial charge in [-0.3, -0.25) is 4.72 Å². The molecule has 0 amide bonds. The van der Waals surface area contributed by atoms with Gasteiger partial charge in [-0.2, -0.15) is 13.2 Å². The average molecular weight is 405 g/mol. The fourth-order valence-corrected chi connectivity index (χ4v) is 3.68. The third-order valence-electron chi connectivity index (χ3n) is 2.68. The largest absolute Gasteiger partial charge is 0.416 e. The van der Waals surface area contributed by atoms with Gasteiger partial charge in [0, 0.05) is 10.0 Å². The average Bonchev–Trinajstić information content (AvgIpc) is 2.38. The van der Waals surface area contributed by atoms with Crippen molar-refractivity contribution in [2.45, 2.75) is 11.1 Å². The quantitative estimate of drug-likeness (QED) is 0.738. The molecule has 0 aliphatic heterocycles. The summed E-state index contributed by atoms with van der Waals surface area (Å²) in [5.41, 5.74) is -1.44. The zero-order valence-electron chi connectivity index (χ0n) is 11.0. The molecule has 124 valence electrons. The van der Waals surface area contributed by atoms with Crippen molar-refractivity contribution in [3.8, 4) is 0 Å². The molecule has 0 bridgehead atoms. The van der Waals surface area contributed by atoms with E-state index in [4.69, 9.17) is 34.8 Å². The number of nitrogens with one attached hydrogen (secondary N) is 1. The van der Waals surface area contributed by atoms with Gasteiger partial charge in [0.2, 0.25) is 0 Å². The van der Waals surface area contributed by atoms with Crippen molar-refractivity contribution in [3.05, 3.63) is 57.0 Å². The van der Waals surface area contributed by atoms with Crippen molar-refractivity contribution in [2.75, 3.05) is 4.72 Å². The zero-order valence-corrected chi connectivity index (χ0v) is 14.0. The van der Waals surface area contributed by atoms with Crippen LogP contribution in [0.5, 0.6) is 0 Å². The molecule has 0 radical (unpaired) electrons. The SMILES string of the molecule is O=S(=O)(Nc1cc(C(F)(F)F)ccc1Cl)c1cc(Cl)cc(Cl)c1. The van der Waals surface area contributed by atoms with E-state index >= 15 is 0 Å². The third-order valence-corrected chi connectivity index (χ3v) is 4.80. The van der Waals surface area contributed by atoms with E-state index in [0.29, 0.717) is 6.07 Å². The summed E-state index contributed by atoms with van der Waals surface area (Å²) in [4.78, 5) is -0.302. The van der Waals surface area contributed by atoms with E-state index in [2.05, 4.69) is 0 Å². The highest BCUT2D eigenvalue weighted by Crippen LogP contribution is 2.35. The summed E-state index contributed by atoms with van der Waals surface area (Å²) in [6.45, 7) is 0. The molecule has 0 saturated heterocycles. The van der Waals surface area contributed by atoms with E-state index < -0.39 is 27.5 Å². The molecule has 3 nitrogen and oxygen atoms in total. The summed E-state index contributed by atoms with van der Waals surface area (Å²) in [6.07, 6.45) is -4.63. The molecule has 10 heteroatoms. The second-order valence-electron chi connectivity index (χ2n) is 4.40. The highest BCUT2D eigenvalue weighted by atomic mass is 35.5. The van der Waals surface area contributed by atoms with E-state index in [9.17, 15) is 21.6 Å². The van der Waals surface area contributed by atoms with Gasteiger partial charge in [-0.1, -0.05) is 34.8 Å². The Morgan fingerprint density at radius 1 is 0.913 bits per heavy atom. The maximum absolute atomic E-state index is 12.7. The molecule has 0 atom stereocenters. The molecule has 0 unspecified atom stereocenters. The zero-order chi connectivity index (χ0) is 17.4. The molecule has 2 rings (SSSR count). The van der Waals surface area contributed by atoms with Crippen LogP contribution in [0.4, 0.5) is 18.9 Å². The lowest BCUT2D eigenvalue weighted by molar-refractivity contribution is -0.137. The van der Waals surface area contributed by atoms with Crippen LogP contribution < -0.4 is 4.72 Å². The fraction of sp³-hybridized carbons (Fsp3) is 0.0769. The van der Waals surface area contributed by atoms with Crippen molar-refractivity contribution >= 4 is 50.5 Å². The van der Waals surface area contributed by atoms with Crippen molar-refractivity contribution in [2.24, 2.45) is 0 Å². The molecule has 23 heavy (non-hydrogen) atoms. The Morgan fingerprint density at radius 3 is 2.00 bits per heavy atom. The Kier molecular flexibility index (Phi) is 5.06. The van der Waals surface area contributed by atoms with Crippen LogP contribution in [0, 0.1) is 0 Å². The molecular weight excluding hydrogens is 398 g/mol. The number of benzene rings is 2. The van der Waals surface area contributed by atoms with Crippen LogP contribution in [0.3, 0.4) is 0 Å². The molecule has 0 aliphatic rings. The minimum Gasteiger partial charge on any atom is -0.278 e. The van der Waals surface area contributed by atoms with Gasteiger partial charge in [-0.15, -0.1) is 0 Å². The van der Waals surface area contributed by atoms with Gasteiger partial charge in [0.15, 0.2) is 0 Å².